The van der Waals surface area contributed by atoms with E-state index in [1.807, 2.05) is 25.1 Å². The summed E-state index contributed by atoms with van der Waals surface area (Å²) in [5.74, 6) is -0.170. The second kappa shape index (κ2) is 7.16. The minimum atomic E-state index is -0.170. The van der Waals surface area contributed by atoms with Crippen LogP contribution in [-0.2, 0) is 4.79 Å². The summed E-state index contributed by atoms with van der Waals surface area (Å²) in [6, 6.07) is 10.8. The predicted molar refractivity (Wildman–Crippen MR) is 92.5 cm³/mol. The van der Waals surface area contributed by atoms with Crippen LogP contribution in [0.15, 0.2) is 40.9 Å². The standard InChI is InChI=1S/C15H13BrCl2N2O/c1-9-7-10(16)5-6-13(9)20-14(21)8-19-15-11(17)3-2-4-12(15)18/h2-7,19H,8H2,1H3,(H,20,21). The third-order valence-corrected chi connectivity index (χ3v) is 3.97. The van der Waals surface area contributed by atoms with Crippen LogP contribution in [0.2, 0.25) is 10.0 Å². The number of carbonyl (C=O) groups excluding carboxylic acids is 1. The Morgan fingerprint density at radius 3 is 2.48 bits per heavy atom. The van der Waals surface area contributed by atoms with Gasteiger partial charge in [-0.15, -0.1) is 0 Å². The van der Waals surface area contributed by atoms with Crippen molar-refractivity contribution in [3.8, 4) is 0 Å². The molecule has 0 aliphatic rings. The van der Waals surface area contributed by atoms with Gasteiger partial charge < -0.3 is 10.6 Å². The van der Waals surface area contributed by atoms with Crippen LogP contribution in [0.5, 0.6) is 0 Å². The number of halogens is 3. The summed E-state index contributed by atoms with van der Waals surface area (Å²) in [5.41, 5.74) is 2.31. The lowest BCUT2D eigenvalue weighted by Gasteiger charge is -2.12. The molecule has 21 heavy (non-hydrogen) atoms. The Morgan fingerprint density at radius 2 is 1.86 bits per heavy atom. The Balaban J connectivity index is 1.99. The zero-order valence-corrected chi connectivity index (χ0v) is 14.3. The molecule has 0 bridgehead atoms. The van der Waals surface area contributed by atoms with Crippen molar-refractivity contribution >= 4 is 56.4 Å². The quantitative estimate of drug-likeness (QED) is 0.764. The summed E-state index contributed by atoms with van der Waals surface area (Å²) in [7, 11) is 0. The molecule has 1 amide bonds. The lowest BCUT2D eigenvalue weighted by Crippen LogP contribution is -2.22. The molecule has 0 atom stereocenters. The number of para-hydroxylation sites is 1. The molecule has 2 rings (SSSR count). The molecule has 3 nitrogen and oxygen atoms in total. The number of aryl methyl sites for hydroxylation is 1. The van der Waals surface area contributed by atoms with Gasteiger partial charge in [-0.05, 0) is 42.8 Å². The van der Waals surface area contributed by atoms with Crippen LogP contribution in [0, 0.1) is 6.92 Å². The fraction of sp³-hybridized carbons (Fsp3) is 0.133. The molecular weight excluding hydrogens is 375 g/mol. The fourth-order valence-electron chi connectivity index (χ4n) is 1.80. The van der Waals surface area contributed by atoms with Crippen molar-refractivity contribution in [2.45, 2.75) is 6.92 Å². The molecule has 0 radical (unpaired) electrons. The average molecular weight is 388 g/mol. The van der Waals surface area contributed by atoms with Crippen LogP contribution in [0.25, 0.3) is 0 Å². The zero-order valence-electron chi connectivity index (χ0n) is 11.2. The van der Waals surface area contributed by atoms with Crippen LogP contribution in [0.4, 0.5) is 11.4 Å². The summed E-state index contributed by atoms with van der Waals surface area (Å²) >= 11 is 15.4. The van der Waals surface area contributed by atoms with E-state index in [1.165, 1.54) is 0 Å². The highest BCUT2D eigenvalue weighted by Gasteiger charge is 2.08. The summed E-state index contributed by atoms with van der Waals surface area (Å²) in [4.78, 5) is 12.0. The van der Waals surface area contributed by atoms with E-state index in [0.717, 1.165) is 15.7 Å². The van der Waals surface area contributed by atoms with E-state index < -0.39 is 0 Å². The van der Waals surface area contributed by atoms with Gasteiger partial charge in [0.2, 0.25) is 5.91 Å². The molecule has 0 saturated heterocycles. The average Bonchev–Trinajstić information content (AvgIpc) is 2.41. The SMILES string of the molecule is Cc1cc(Br)ccc1NC(=O)CNc1c(Cl)cccc1Cl. The van der Waals surface area contributed by atoms with E-state index in [-0.39, 0.29) is 12.5 Å². The second-order valence-corrected chi connectivity index (χ2v) is 6.19. The number of carbonyl (C=O) groups is 1. The summed E-state index contributed by atoms with van der Waals surface area (Å²) in [6.07, 6.45) is 0. The van der Waals surface area contributed by atoms with E-state index in [0.29, 0.717) is 15.7 Å². The van der Waals surface area contributed by atoms with E-state index in [2.05, 4.69) is 26.6 Å². The van der Waals surface area contributed by atoms with Crippen LogP contribution < -0.4 is 10.6 Å². The predicted octanol–water partition coefficient (Wildman–Crippen LogP) is 5.11. The number of rotatable bonds is 4. The molecule has 2 N–H and O–H groups in total. The molecule has 110 valence electrons. The highest BCUT2D eigenvalue weighted by atomic mass is 79.9. The van der Waals surface area contributed by atoms with Crippen LogP contribution in [0.3, 0.4) is 0 Å². The highest BCUT2D eigenvalue weighted by Crippen LogP contribution is 2.29. The van der Waals surface area contributed by atoms with Crippen molar-refractivity contribution in [1.82, 2.24) is 0 Å². The summed E-state index contributed by atoms with van der Waals surface area (Å²) in [6.45, 7) is 2.01. The largest absolute Gasteiger partial charge is 0.374 e. The van der Waals surface area contributed by atoms with Gasteiger partial charge in [0.15, 0.2) is 0 Å². The minimum absolute atomic E-state index is 0.0823. The Hall–Kier alpha value is -1.23. The first-order valence-corrected chi connectivity index (χ1v) is 7.76. The molecule has 2 aromatic carbocycles. The molecule has 6 heteroatoms. The van der Waals surface area contributed by atoms with Gasteiger partial charge >= 0.3 is 0 Å². The van der Waals surface area contributed by atoms with Crippen molar-refractivity contribution in [1.29, 1.82) is 0 Å². The van der Waals surface area contributed by atoms with E-state index in [9.17, 15) is 4.79 Å². The first kappa shape index (κ1) is 16.1. The number of hydrogen-bond donors (Lipinski definition) is 2. The Morgan fingerprint density at radius 1 is 1.19 bits per heavy atom. The van der Waals surface area contributed by atoms with Crippen molar-refractivity contribution in [3.63, 3.8) is 0 Å². The number of nitrogens with one attached hydrogen (secondary N) is 2. The zero-order chi connectivity index (χ0) is 15.4. The van der Waals surface area contributed by atoms with Crippen LogP contribution in [0.1, 0.15) is 5.56 Å². The maximum absolute atomic E-state index is 12.0. The van der Waals surface area contributed by atoms with Crippen molar-refractivity contribution in [2.75, 3.05) is 17.2 Å². The molecule has 0 aliphatic carbocycles. The lowest BCUT2D eigenvalue weighted by molar-refractivity contribution is -0.114. The first-order valence-electron chi connectivity index (χ1n) is 6.21. The van der Waals surface area contributed by atoms with Crippen LogP contribution >= 0.6 is 39.1 Å². The normalized spacial score (nSPS) is 10.3. The van der Waals surface area contributed by atoms with Crippen molar-refractivity contribution < 1.29 is 4.79 Å². The smallest absolute Gasteiger partial charge is 0.243 e. The Bertz CT molecular complexity index is 656. The molecule has 0 spiro atoms. The number of anilines is 2. The first-order chi connectivity index (χ1) is 9.97. The van der Waals surface area contributed by atoms with Crippen molar-refractivity contribution in [3.05, 3.63) is 56.5 Å². The molecule has 0 saturated carbocycles. The molecular formula is C15H13BrCl2N2O. The Labute approximate surface area is 141 Å². The molecule has 0 aromatic heterocycles. The minimum Gasteiger partial charge on any atom is -0.374 e. The van der Waals surface area contributed by atoms with E-state index in [4.69, 9.17) is 23.2 Å². The van der Waals surface area contributed by atoms with Gasteiger partial charge in [0, 0.05) is 10.2 Å². The second-order valence-electron chi connectivity index (χ2n) is 4.46. The van der Waals surface area contributed by atoms with E-state index >= 15 is 0 Å². The molecule has 0 heterocycles. The van der Waals surface area contributed by atoms with Gasteiger partial charge in [0.1, 0.15) is 0 Å². The number of hydrogen-bond acceptors (Lipinski definition) is 2. The Kier molecular flexibility index (Phi) is 5.51. The maximum atomic E-state index is 12.0. The van der Waals surface area contributed by atoms with Crippen LogP contribution in [-0.4, -0.2) is 12.5 Å². The summed E-state index contributed by atoms with van der Waals surface area (Å²) < 4.78 is 0.971. The maximum Gasteiger partial charge on any atom is 0.243 e. The molecule has 2 aromatic rings. The van der Waals surface area contributed by atoms with Gasteiger partial charge in [-0.25, -0.2) is 0 Å². The topological polar surface area (TPSA) is 41.1 Å². The number of amides is 1. The molecule has 0 fully saturated rings. The monoisotopic (exact) mass is 386 g/mol. The molecule has 0 unspecified atom stereocenters. The fourth-order valence-corrected chi connectivity index (χ4v) is 2.80. The highest BCUT2D eigenvalue weighted by molar-refractivity contribution is 9.10. The third kappa shape index (κ3) is 4.37. The lowest BCUT2D eigenvalue weighted by atomic mass is 10.2. The van der Waals surface area contributed by atoms with Crippen molar-refractivity contribution in [2.24, 2.45) is 0 Å². The van der Waals surface area contributed by atoms with Gasteiger partial charge in [-0.2, -0.15) is 0 Å². The summed E-state index contributed by atoms with van der Waals surface area (Å²) in [5, 5.41) is 6.75. The van der Waals surface area contributed by atoms with Gasteiger partial charge in [-0.3, -0.25) is 4.79 Å². The van der Waals surface area contributed by atoms with E-state index in [1.54, 1.807) is 18.2 Å². The third-order valence-electron chi connectivity index (χ3n) is 2.85. The van der Waals surface area contributed by atoms with Gasteiger partial charge in [-0.1, -0.05) is 45.2 Å². The number of benzene rings is 2. The molecule has 0 aliphatic heterocycles. The van der Waals surface area contributed by atoms with Gasteiger partial charge in [0.05, 0.1) is 22.3 Å². The van der Waals surface area contributed by atoms with Gasteiger partial charge in [0.25, 0.3) is 0 Å².